The molecule has 140 valence electrons. The Morgan fingerprint density at radius 2 is 1.92 bits per heavy atom. The Bertz CT molecular complexity index is 535. The molecule has 1 rings (SSSR count). The number of amides is 1. The van der Waals surface area contributed by atoms with Crippen molar-refractivity contribution < 1.29 is 23.3 Å². The second kappa shape index (κ2) is 8.69. The lowest BCUT2D eigenvalue weighted by molar-refractivity contribution is -0.143. The van der Waals surface area contributed by atoms with Gasteiger partial charge in [-0.3, -0.25) is 4.78 Å². The maximum absolute atomic E-state index is 12.3. The van der Waals surface area contributed by atoms with Crippen LogP contribution in [0.2, 0.25) is 0 Å². The van der Waals surface area contributed by atoms with Gasteiger partial charge in [-0.15, -0.1) is 0 Å². The molecule has 0 saturated heterocycles. The van der Waals surface area contributed by atoms with Crippen LogP contribution in [0.15, 0.2) is 0 Å². The maximum Gasteiger partial charge on any atom is 0.408 e. The summed E-state index contributed by atoms with van der Waals surface area (Å²) in [5.74, 6) is 0.503. The van der Waals surface area contributed by atoms with Gasteiger partial charge < -0.3 is 14.8 Å². The van der Waals surface area contributed by atoms with Crippen LogP contribution in [0.3, 0.4) is 0 Å². The lowest BCUT2D eigenvalue weighted by atomic mass is 10.2. The van der Waals surface area contributed by atoms with E-state index in [4.69, 9.17) is 9.52 Å². The quantitative estimate of drug-likeness (QED) is 0.613. The zero-order chi connectivity index (χ0) is 18.4. The minimum Gasteiger partial charge on any atom is -0.467 e. The number of carbonyl (C=O) groups excluding carboxylic acids is 2. The van der Waals surface area contributed by atoms with Crippen molar-refractivity contribution in [3.8, 4) is 0 Å². The van der Waals surface area contributed by atoms with Gasteiger partial charge in [-0.25, -0.2) is 13.8 Å². The molecular weight excluding hydrogens is 332 g/mol. The summed E-state index contributed by atoms with van der Waals surface area (Å²) in [6.07, 6.45) is 3.63. The van der Waals surface area contributed by atoms with E-state index in [0.29, 0.717) is 5.75 Å². The number of nitrogens with one attached hydrogen (secondary N) is 2. The van der Waals surface area contributed by atoms with Crippen LogP contribution in [0.25, 0.3) is 0 Å². The second-order valence-corrected chi connectivity index (χ2v) is 9.76. The van der Waals surface area contributed by atoms with Crippen molar-refractivity contribution in [3.05, 3.63) is 0 Å². The van der Waals surface area contributed by atoms with Gasteiger partial charge in [0, 0.05) is 21.2 Å². The molecule has 2 atom stereocenters. The molecule has 0 spiro atoms. The van der Waals surface area contributed by atoms with Gasteiger partial charge in [-0.1, -0.05) is 12.8 Å². The highest BCUT2D eigenvalue weighted by atomic mass is 32.2. The second-order valence-electron chi connectivity index (χ2n) is 7.32. The van der Waals surface area contributed by atoms with Crippen LogP contribution in [-0.2, 0) is 24.0 Å². The molecule has 1 aliphatic carbocycles. The van der Waals surface area contributed by atoms with E-state index in [1.807, 2.05) is 0 Å². The average Bonchev–Trinajstić information content (AvgIpc) is 3.24. The Morgan fingerprint density at radius 1 is 1.29 bits per heavy atom. The minimum absolute atomic E-state index is 0.0488. The van der Waals surface area contributed by atoms with Gasteiger partial charge in [-0.2, -0.15) is 0 Å². The van der Waals surface area contributed by atoms with Crippen LogP contribution >= 0.6 is 0 Å². The SMILES string of the molecule is COC(=O)[C@H](CCS(=N)(=O)CCCC1CC1)NC(=O)OC(C)(C)C. The third-order valence-electron chi connectivity index (χ3n) is 3.70. The number of esters is 1. The van der Waals surface area contributed by atoms with Crippen LogP contribution in [0.5, 0.6) is 0 Å². The van der Waals surface area contributed by atoms with Gasteiger partial charge in [0.15, 0.2) is 0 Å². The third kappa shape index (κ3) is 9.10. The van der Waals surface area contributed by atoms with Gasteiger partial charge in [0.2, 0.25) is 0 Å². The molecule has 0 heterocycles. The normalized spacial score (nSPS) is 18.3. The van der Waals surface area contributed by atoms with Crippen LogP contribution in [0.4, 0.5) is 4.79 Å². The molecule has 1 saturated carbocycles. The number of rotatable bonds is 9. The molecule has 1 fully saturated rings. The van der Waals surface area contributed by atoms with Crippen molar-refractivity contribution in [3.63, 3.8) is 0 Å². The van der Waals surface area contributed by atoms with E-state index in [1.54, 1.807) is 20.8 Å². The maximum atomic E-state index is 12.3. The summed E-state index contributed by atoms with van der Waals surface area (Å²) >= 11 is 0. The summed E-state index contributed by atoms with van der Waals surface area (Å²) in [4.78, 5) is 23.6. The largest absolute Gasteiger partial charge is 0.467 e. The molecule has 1 aliphatic rings. The molecule has 1 amide bonds. The van der Waals surface area contributed by atoms with Gasteiger partial charge >= 0.3 is 12.1 Å². The van der Waals surface area contributed by atoms with Crippen LogP contribution in [0, 0.1) is 10.7 Å². The minimum atomic E-state index is -2.76. The molecule has 0 aromatic carbocycles. The number of hydrogen-bond acceptors (Lipinski definition) is 6. The number of alkyl carbamates (subject to hydrolysis) is 1. The van der Waals surface area contributed by atoms with Gasteiger partial charge in [0.1, 0.15) is 11.6 Å². The van der Waals surface area contributed by atoms with Crippen molar-refractivity contribution in [1.29, 1.82) is 4.78 Å². The van der Waals surface area contributed by atoms with Gasteiger partial charge in [-0.05, 0) is 46.0 Å². The summed E-state index contributed by atoms with van der Waals surface area (Å²) in [6.45, 7) is 5.16. The van der Waals surface area contributed by atoms with Crippen LogP contribution in [-0.4, -0.2) is 46.5 Å². The fourth-order valence-corrected chi connectivity index (χ4v) is 3.72. The number of carbonyl (C=O) groups is 2. The molecule has 0 aromatic heterocycles. The summed E-state index contributed by atoms with van der Waals surface area (Å²) < 4.78 is 30.0. The highest BCUT2D eigenvalue weighted by Crippen LogP contribution is 2.33. The summed E-state index contributed by atoms with van der Waals surface area (Å²) in [7, 11) is -1.54. The first-order valence-corrected chi connectivity index (χ1v) is 10.2. The van der Waals surface area contributed by atoms with Crippen molar-refractivity contribution in [2.75, 3.05) is 18.6 Å². The Morgan fingerprint density at radius 3 is 2.42 bits per heavy atom. The average molecular weight is 362 g/mol. The molecule has 2 N–H and O–H groups in total. The Hall–Kier alpha value is -1.31. The smallest absolute Gasteiger partial charge is 0.408 e. The number of ether oxygens (including phenoxy) is 2. The van der Waals surface area contributed by atoms with Crippen molar-refractivity contribution in [2.45, 2.75) is 64.5 Å². The predicted octanol–water partition coefficient (Wildman–Crippen LogP) is 2.68. The van der Waals surface area contributed by atoms with E-state index in [0.717, 1.165) is 18.8 Å². The molecular formula is C16H30N2O5S. The predicted molar refractivity (Wildman–Crippen MR) is 92.3 cm³/mol. The van der Waals surface area contributed by atoms with Crippen molar-refractivity contribution in [1.82, 2.24) is 5.32 Å². The molecule has 8 heteroatoms. The Kier molecular flexibility index (Phi) is 7.51. The fourth-order valence-electron chi connectivity index (χ4n) is 2.26. The zero-order valence-corrected chi connectivity index (χ0v) is 15.9. The first-order valence-electron chi connectivity index (χ1n) is 8.34. The van der Waals surface area contributed by atoms with Crippen LogP contribution in [0.1, 0.15) is 52.9 Å². The van der Waals surface area contributed by atoms with Crippen LogP contribution < -0.4 is 5.32 Å². The van der Waals surface area contributed by atoms with E-state index < -0.39 is 33.4 Å². The number of methoxy groups -OCH3 is 1. The van der Waals surface area contributed by atoms with E-state index >= 15 is 0 Å². The standard InChI is InChI=1S/C16H30N2O5S/c1-16(2,3)23-15(20)18-13(14(19)22-4)9-11-24(17,21)10-5-6-12-7-8-12/h12-13,17H,5-11H2,1-4H3,(H,18,20)/t13-,24?/m0/s1. The molecule has 0 bridgehead atoms. The van der Waals surface area contributed by atoms with E-state index in [9.17, 15) is 13.8 Å². The van der Waals surface area contributed by atoms with E-state index in [2.05, 4.69) is 10.1 Å². The van der Waals surface area contributed by atoms with E-state index in [-0.39, 0.29) is 12.2 Å². The van der Waals surface area contributed by atoms with Gasteiger partial charge in [0.25, 0.3) is 0 Å². The van der Waals surface area contributed by atoms with Gasteiger partial charge in [0.05, 0.1) is 7.11 Å². The fraction of sp³-hybridized carbons (Fsp3) is 0.875. The Labute approximate surface area is 144 Å². The van der Waals surface area contributed by atoms with E-state index in [1.165, 1.54) is 20.0 Å². The first kappa shape index (κ1) is 20.7. The highest BCUT2D eigenvalue weighted by molar-refractivity contribution is 7.92. The molecule has 0 aliphatic heterocycles. The topological polar surface area (TPSA) is 106 Å². The highest BCUT2D eigenvalue weighted by Gasteiger charge is 2.26. The molecule has 1 unspecified atom stereocenters. The molecule has 0 aromatic rings. The van der Waals surface area contributed by atoms with Crippen molar-refractivity contribution in [2.24, 2.45) is 5.92 Å². The summed E-state index contributed by atoms with van der Waals surface area (Å²) in [5.41, 5.74) is -0.684. The lowest BCUT2D eigenvalue weighted by Crippen LogP contribution is -2.44. The summed E-state index contributed by atoms with van der Waals surface area (Å²) in [6, 6.07) is -0.959. The molecule has 7 nitrogen and oxygen atoms in total. The zero-order valence-electron chi connectivity index (χ0n) is 15.1. The lowest BCUT2D eigenvalue weighted by Gasteiger charge is -2.22. The molecule has 0 radical (unpaired) electrons. The Balaban J connectivity index is 2.49. The third-order valence-corrected chi connectivity index (χ3v) is 5.54. The first-order chi connectivity index (χ1) is 11.0. The molecule has 24 heavy (non-hydrogen) atoms. The monoisotopic (exact) mass is 362 g/mol. The summed E-state index contributed by atoms with van der Waals surface area (Å²) in [5, 5.41) is 2.44. The van der Waals surface area contributed by atoms with Crippen molar-refractivity contribution >= 4 is 21.8 Å². The number of hydrogen-bond donors (Lipinski definition) is 2.